The summed E-state index contributed by atoms with van der Waals surface area (Å²) in [5.74, 6) is 6.41. The minimum Gasteiger partial charge on any atom is -0.444 e. The first-order valence-electron chi connectivity index (χ1n) is 9.74. The summed E-state index contributed by atoms with van der Waals surface area (Å²) in [6, 6.07) is 0.157. The summed E-state index contributed by atoms with van der Waals surface area (Å²) in [7, 11) is 3.48. The van der Waals surface area contributed by atoms with Crippen molar-refractivity contribution in [3.8, 4) is 28.2 Å². The Balaban J connectivity index is 2.22. The lowest BCUT2D eigenvalue weighted by atomic mass is 10.2. The van der Waals surface area contributed by atoms with Crippen molar-refractivity contribution in [2.45, 2.75) is 26.4 Å². The normalized spacial score (nSPS) is 13.9. The number of ether oxygens (including phenoxy) is 1. The third kappa shape index (κ3) is 7.92. The van der Waals surface area contributed by atoms with E-state index >= 15 is 0 Å². The number of hydrogen-bond acceptors (Lipinski definition) is 9. The van der Waals surface area contributed by atoms with Gasteiger partial charge in [-0.15, -0.1) is 11.5 Å². The van der Waals surface area contributed by atoms with Crippen LogP contribution >= 0.6 is 22.6 Å². The first-order valence-corrected chi connectivity index (χ1v) is 10.8. The van der Waals surface area contributed by atoms with Crippen LogP contribution in [0.4, 0.5) is 16.7 Å². The molecule has 0 saturated carbocycles. The summed E-state index contributed by atoms with van der Waals surface area (Å²) in [4.78, 5) is 36.8. The number of piperazine rings is 1. The molecule has 2 heterocycles. The third-order valence-electron chi connectivity index (χ3n) is 3.97. The van der Waals surface area contributed by atoms with Gasteiger partial charge in [-0.05, 0) is 24.7 Å². The Morgan fingerprint density at radius 2 is 1.84 bits per heavy atom. The Labute approximate surface area is 197 Å². The molecule has 2 rings (SSSR count). The molecule has 0 N–H and O–H groups in total. The maximum absolute atomic E-state index is 12.3. The highest BCUT2D eigenvalue weighted by Gasteiger charge is 2.27. The van der Waals surface area contributed by atoms with Crippen molar-refractivity contribution in [2.24, 2.45) is 0 Å². The number of carbonyl (C=O) groups is 1. The fourth-order valence-corrected chi connectivity index (χ4v) is 2.84. The van der Waals surface area contributed by atoms with E-state index in [4.69, 9.17) is 16.0 Å². The average molecular weight is 541 g/mol. The van der Waals surface area contributed by atoms with Crippen LogP contribution in [0.15, 0.2) is 0 Å². The van der Waals surface area contributed by atoms with E-state index in [2.05, 4.69) is 30.7 Å². The molecule has 0 aromatic carbocycles. The minimum atomic E-state index is -0.531. The molecule has 1 aromatic rings. The number of rotatable bonds is 6. The SMILES string of the molecule is C#CCN(CC#CI)c1nc(ON(C)C)nc(N2CCN(C(=O)OC(C)(C)C)CC2)n1. The van der Waals surface area contributed by atoms with E-state index in [-0.39, 0.29) is 12.1 Å². The zero-order chi connectivity index (χ0) is 23.0. The van der Waals surface area contributed by atoms with Gasteiger partial charge in [-0.1, -0.05) is 11.8 Å². The fourth-order valence-electron chi connectivity index (χ4n) is 2.67. The van der Waals surface area contributed by atoms with Crippen molar-refractivity contribution in [3.05, 3.63) is 0 Å². The molecule has 1 aromatic heterocycles. The van der Waals surface area contributed by atoms with Gasteiger partial charge in [0.15, 0.2) is 0 Å². The number of hydrogen-bond donors (Lipinski definition) is 0. The van der Waals surface area contributed by atoms with Crippen molar-refractivity contribution >= 4 is 40.6 Å². The Bertz CT molecular complexity index is 862. The Morgan fingerprint density at radius 3 is 2.39 bits per heavy atom. The first-order chi connectivity index (χ1) is 14.6. The van der Waals surface area contributed by atoms with Crippen LogP contribution in [0.1, 0.15) is 20.8 Å². The van der Waals surface area contributed by atoms with Crippen molar-refractivity contribution in [1.82, 2.24) is 24.9 Å². The summed E-state index contributed by atoms with van der Waals surface area (Å²) in [5, 5.41) is 1.50. The Kier molecular flexibility index (Phi) is 8.95. The number of halogens is 1. The predicted octanol–water partition coefficient (Wildman–Crippen LogP) is 1.62. The number of anilines is 2. The van der Waals surface area contributed by atoms with Crippen LogP contribution in [0.2, 0.25) is 0 Å². The monoisotopic (exact) mass is 541 g/mol. The van der Waals surface area contributed by atoms with E-state index in [1.54, 1.807) is 23.9 Å². The molecule has 0 unspecified atom stereocenters. The largest absolute Gasteiger partial charge is 0.444 e. The van der Waals surface area contributed by atoms with Crippen molar-refractivity contribution < 1.29 is 14.4 Å². The number of amides is 1. The van der Waals surface area contributed by atoms with Crippen molar-refractivity contribution in [3.63, 3.8) is 0 Å². The maximum Gasteiger partial charge on any atom is 0.410 e. The van der Waals surface area contributed by atoms with Crippen LogP contribution in [0.3, 0.4) is 0 Å². The summed E-state index contributed by atoms with van der Waals surface area (Å²) in [6.45, 7) is 8.31. The lowest BCUT2D eigenvalue weighted by Crippen LogP contribution is -2.50. The number of hydroxylamine groups is 2. The highest BCUT2D eigenvalue weighted by atomic mass is 127. The van der Waals surface area contributed by atoms with Gasteiger partial charge in [-0.3, -0.25) is 0 Å². The van der Waals surface area contributed by atoms with Crippen molar-refractivity contribution in [1.29, 1.82) is 0 Å². The third-order valence-corrected chi connectivity index (χ3v) is 4.35. The molecule has 1 aliphatic rings. The average Bonchev–Trinajstić information content (AvgIpc) is 2.69. The van der Waals surface area contributed by atoms with Gasteiger partial charge < -0.3 is 24.3 Å². The molecule has 1 aliphatic heterocycles. The summed E-state index contributed by atoms with van der Waals surface area (Å²) in [5.41, 5.74) is -0.531. The maximum atomic E-state index is 12.3. The number of carbonyl (C=O) groups excluding carboxylic acids is 1. The molecule has 11 heteroatoms. The molecule has 10 nitrogen and oxygen atoms in total. The zero-order valence-corrected chi connectivity index (χ0v) is 20.7. The standard InChI is InChI=1S/C20H28IN7O3/c1-7-10-26(11-8-9-21)16-22-17(24-18(23-16)31-25(5)6)27-12-14-28(15-13-27)19(29)30-20(2,3)4/h1H,10-15H2,2-6H3. The lowest BCUT2D eigenvalue weighted by Gasteiger charge is -2.35. The molecule has 31 heavy (non-hydrogen) atoms. The van der Waals surface area contributed by atoms with Gasteiger partial charge >= 0.3 is 12.1 Å². The van der Waals surface area contributed by atoms with E-state index < -0.39 is 5.60 Å². The first kappa shape index (κ1) is 24.8. The molecular weight excluding hydrogens is 513 g/mol. The van der Waals surface area contributed by atoms with Gasteiger partial charge in [-0.2, -0.15) is 15.0 Å². The Morgan fingerprint density at radius 1 is 1.16 bits per heavy atom. The second kappa shape index (κ2) is 11.2. The molecule has 1 fully saturated rings. The molecule has 1 amide bonds. The number of terminal acetylenes is 1. The smallest absolute Gasteiger partial charge is 0.410 e. The van der Waals surface area contributed by atoms with E-state index in [1.807, 2.05) is 48.3 Å². The predicted molar refractivity (Wildman–Crippen MR) is 127 cm³/mol. The van der Waals surface area contributed by atoms with E-state index in [9.17, 15) is 4.79 Å². The van der Waals surface area contributed by atoms with E-state index in [0.29, 0.717) is 51.2 Å². The highest BCUT2D eigenvalue weighted by Crippen LogP contribution is 2.20. The van der Waals surface area contributed by atoms with Gasteiger partial charge in [0.2, 0.25) is 11.9 Å². The van der Waals surface area contributed by atoms with Gasteiger partial charge in [0, 0.05) is 62.9 Å². The quantitative estimate of drug-likeness (QED) is 0.303. The molecule has 1 saturated heterocycles. The van der Waals surface area contributed by atoms with Crippen LogP contribution in [0.5, 0.6) is 6.01 Å². The molecule has 0 bridgehead atoms. The summed E-state index contributed by atoms with van der Waals surface area (Å²) >= 11 is 1.97. The van der Waals surface area contributed by atoms with Crippen LogP contribution in [-0.4, -0.2) is 90.0 Å². The van der Waals surface area contributed by atoms with Crippen LogP contribution < -0.4 is 14.6 Å². The van der Waals surface area contributed by atoms with Crippen LogP contribution in [0.25, 0.3) is 0 Å². The zero-order valence-electron chi connectivity index (χ0n) is 18.6. The fraction of sp³-hybridized carbons (Fsp3) is 0.600. The Hall–Kier alpha value is -2.51. The molecule has 0 aliphatic carbocycles. The van der Waals surface area contributed by atoms with Crippen LogP contribution in [-0.2, 0) is 4.74 Å². The topological polar surface area (TPSA) is 87.2 Å². The van der Waals surface area contributed by atoms with E-state index in [1.165, 1.54) is 5.06 Å². The highest BCUT2D eigenvalue weighted by molar-refractivity contribution is 14.1. The second-order valence-electron chi connectivity index (χ2n) is 7.91. The molecule has 0 spiro atoms. The molecule has 0 radical (unpaired) electrons. The number of aromatic nitrogens is 3. The number of nitrogens with zero attached hydrogens (tertiary/aromatic N) is 7. The van der Waals surface area contributed by atoms with Crippen LogP contribution in [0, 0.1) is 22.2 Å². The van der Waals surface area contributed by atoms with Gasteiger partial charge in [-0.25, -0.2) is 4.79 Å². The lowest BCUT2D eigenvalue weighted by molar-refractivity contribution is -0.0138. The molecular formula is C20H28IN7O3. The summed E-state index contributed by atoms with van der Waals surface area (Å²) in [6.07, 6.45) is 5.19. The van der Waals surface area contributed by atoms with Gasteiger partial charge in [0.05, 0.1) is 13.1 Å². The van der Waals surface area contributed by atoms with Gasteiger partial charge in [0.25, 0.3) is 0 Å². The van der Waals surface area contributed by atoms with Crippen molar-refractivity contribution in [2.75, 3.05) is 63.2 Å². The molecule has 168 valence electrons. The second-order valence-corrected chi connectivity index (χ2v) is 8.45. The van der Waals surface area contributed by atoms with Gasteiger partial charge in [0.1, 0.15) is 5.60 Å². The van der Waals surface area contributed by atoms with E-state index in [0.717, 1.165) is 0 Å². The summed E-state index contributed by atoms with van der Waals surface area (Å²) < 4.78 is 8.28. The molecule has 0 atom stereocenters. The minimum absolute atomic E-state index is 0.157.